The molecule has 0 aromatic rings. The van der Waals surface area contributed by atoms with E-state index in [1.165, 1.54) is 32.2 Å². The summed E-state index contributed by atoms with van der Waals surface area (Å²) in [5.74, 6) is 1.70. The molecule has 0 amide bonds. The fourth-order valence-electron chi connectivity index (χ4n) is 3.55. The van der Waals surface area contributed by atoms with Crippen LogP contribution in [0.5, 0.6) is 0 Å². The first-order valence-corrected chi connectivity index (χ1v) is 9.05. The zero-order chi connectivity index (χ0) is 15.8. The minimum Gasteiger partial charge on any atom is -0.381 e. The Morgan fingerprint density at radius 1 is 1.32 bits per heavy atom. The lowest BCUT2D eigenvalue weighted by Gasteiger charge is -2.34. The monoisotopic (exact) mass is 310 g/mol. The lowest BCUT2D eigenvalue weighted by atomic mass is 10.0. The van der Waals surface area contributed by atoms with Crippen molar-refractivity contribution in [3.8, 4) is 0 Å². The minimum absolute atomic E-state index is 0.621. The van der Waals surface area contributed by atoms with E-state index in [1.54, 1.807) is 0 Å². The third-order valence-electron chi connectivity index (χ3n) is 4.86. The van der Waals surface area contributed by atoms with Crippen LogP contribution < -0.4 is 5.32 Å². The number of ether oxygens (including phenoxy) is 1. The summed E-state index contributed by atoms with van der Waals surface area (Å²) in [6.45, 7) is 11.5. The number of rotatable bonds is 6. The van der Waals surface area contributed by atoms with Gasteiger partial charge in [0.05, 0.1) is 13.2 Å². The van der Waals surface area contributed by atoms with Crippen LogP contribution in [0.2, 0.25) is 0 Å². The van der Waals surface area contributed by atoms with Gasteiger partial charge in [0.2, 0.25) is 0 Å². The first-order chi connectivity index (χ1) is 10.7. The standard InChI is InChI=1S/C17H34N4O/c1-4-18-17(20(3)13-15-9-11-22-14-15)19-12-16-8-6-7-10-21(16)5-2/h15-16H,4-14H2,1-3H3,(H,18,19). The molecule has 5 nitrogen and oxygen atoms in total. The van der Waals surface area contributed by atoms with E-state index in [0.29, 0.717) is 12.0 Å². The summed E-state index contributed by atoms with van der Waals surface area (Å²) in [6.07, 6.45) is 5.16. The molecule has 128 valence electrons. The molecule has 2 saturated heterocycles. The Morgan fingerprint density at radius 2 is 2.18 bits per heavy atom. The van der Waals surface area contributed by atoms with Crippen LogP contribution in [0.3, 0.4) is 0 Å². The molecule has 2 rings (SSSR count). The average molecular weight is 310 g/mol. The number of hydrogen-bond acceptors (Lipinski definition) is 3. The van der Waals surface area contributed by atoms with E-state index in [2.05, 4.69) is 36.0 Å². The van der Waals surface area contributed by atoms with Crippen LogP contribution in [0.15, 0.2) is 4.99 Å². The van der Waals surface area contributed by atoms with Crippen LogP contribution in [-0.4, -0.2) is 74.8 Å². The van der Waals surface area contributed by atoms with Gasteiger partial charge in [-0.15, -0.1) is 0 Å². The smallest absolute Gasteiger partial charge is 0.193 e. The average Bonchev–Trinajstić information content (AvgIpc) is 3.04. The lowest BCUT2D eigenvalue weighted by molar-refractivity contribution is 0.161. The molecule has 0 aromatic carbocycles. The molecule has 5 heteroatoms. The fraction of sp³-hybridized carbons (Fsp3) is 0.941. The number of aliphatic imine (C=N–C) groups is 1. The summed E-state index contributed by atoms with van der Waals surface area (Å²) in [5.41, 5.74) is 0. The lowest BCUT2D eigenvalue weighted by Crippen LogP contribution is -2.44. The van der Waals surface area contributed by atoms with Crippen LogP contribution in [0.4, 0.5) is 0 Å². The summed E-state index contributed by atoms with van der Waals surface area (Å²) < 4.78 is 5.49. The quantitative estimate of drug-likeness (QED) is 0.600. The van der Waals surface area contributed by atoms with Gasteiger partial charge in [-0.3, -0.25) is 9.89 Å². The topological polar surface area (TPSA) is 40.1 Å². The molecule has 1 N–H and O–H groups in total. The Balaban J connectivity index is 1.89. The second-order valence-electron chi connectivity index (χ2n) is 6.58. The van der Waals surface area contributed by atoms with Gasteiger partial charge >= 0.3 is 0 Å². The molecule has 0 saturated carbocycles. The number of likely N-dealkylation sites (N-methyl/N-ethyl adjacent to an activating group) is 1. The van der Waals surface area contributed by atoms with E-state index in [1.807, 2.05) is 0 Å². The van der Waals surface area contributed by atoms with Gasteiger partial charge < -0.3 is 15.0 Å². The molecule has 2 aliphatic rings. The Hall–Kier alpha value is -0.810. The molecular weight excluding hydrogens is 276 g/mol. The van der Waals surface area contributed by atoms with Gasteiger partial charge in [0.1, 0.15) is 0 Å². The number of piperidine rings is 1. The van der Waals surface area contributed by atoms with Gasteiger partial charge in [0, 0.05) is 38.7 Å². The predicted octanol–water partition coefficient (Wildman–Crippen LogP) is 1.79. The van der Waals surface area contributed by atoms with Crippen LogP contribution >= 0.6 is 0 Å². The molecule has 2 atom stereocenters. The number of nitrogens with one attached hydrogen (secondary N) is 1. The predicted molar refractivity (Wildman–Crippen MR) is 92.4 cm³/mol. The highest BCUT2D eigenvalue weighted by atomic mass is 16.5. The molecular formula is C17H34N4O. The van der Waals surface area contributed by atoms with Crippen molar-refractivity contribution in [3.63, 3.8) is 0 Å². The molecule has 0 aliphatic carbocycles. The second-order valence-corrected chi connectivity index (χ2v) is 6.58. The largest absolute Gasteiger partial charge is 0.381 e. The molecule has 0 bridgehead atoms. The van der Waals surface area contributed by atoms with Gasteiger partial charge in [-0.1, -0.05) is 13.3 Å². The fourth-order valence-corrected chi connectivity index (χ4v) is 3.55. The van der Waals surface area contributed by atoms with Crippen LogP contribution in [0.25, 0.3) is 0 Å². The molecule has 0 spiro atoms. The van der Waals surface area contributed by atoms with Crippen molar-refractivity contribution < 1.29 is 4.74 Å². The molecule has 0 aromatic heterocycles. The van der Waals surface area contributed by atoms with Crippen LogP contribution in [0, 0.1) is 5.92 Å². The van der Waals surface area contributed by atoms with Gasteiger partial charge in [0.25, 0.3) is 0 Å². The van der Waals surface area contributed by atoms with E-state index in [4.69, 9.17) is 9.73 Å². The van der Waals surface area contributed by atoms with E-state index in [0.717, 1.165) is 45.4 Å². The summed E-state index contributed by atoms with van der Waals surface area (Å²) >= 11 is 0. The maximum absolute atomic E-state index is 5.49. The SMILES string of the molecule is CCNC(=NCC1CCCCN1CC)N(C)CC1CCOC1. The van der Waals surface area contributed by atoms with Gasteiger partial charge in [0.15, 0.2) is 5.96 Å². The van der Waals surface area contributed by atoms with Gasteiger partial charge in [-0.25, -0.2) is 0 Å². The Bertz CT molecular complexity index is 342. The van der Waals surface area contributed by atoms with Crippen molar-refractivity contribution in [1.82, 2.24) is 15.1 Å². The van der Waals surface area contributed by atoms with Crippen molar-refractivity contribution in [2.75, 3.05) is 53.0 Å². The third-order valence-corrected chi connectivity index (χ3v) is 4.86. The first kappa shape index (κ1) is 17.5. The Kier molecular flexibility index (Phi) is 7.46. The van der Waals surface area contributed by atoms with Crippen LogP contribution in [0.1, 0.15) is 39.5 Å². The Labute approximate surface area is 136 Å². The van der Waals surface area contributed by atoms with E-state index in [-0.39, 0.29) is 0 Å². The molecule has 2 aliphatic heterocycles. The number of nitrogens with zero attached hydrogens (tertiary/aromatic N) is 3. The van der Waals surface area contributed by atoms with Crippen molar-refractivity contribution in [1.29, 1.82) is 0 Å². The normalized spacial score (nSPS) is 27.1. The van der Waals surface area contributed by atoms with Crippen LogP contribution in [-0.2, 0) is 4.74 Å². The Morgan fingerprint density at radius 3 is 2.86 bits per heavy atom. The molecule has 2 heterocycles. The minimum atomic E-state index is 0.621. The summed E-state index contributed by atoms with van der Waals surface area (Å²) in [6, 6.07) is 0.621. The molecule has 2 unspecified atom stereocenters. The van der Waals surface area contributed by atoms with Crippen molar-refractivity contribution >= 4 is 5.96 Å². The summed E-state index contributed by atoms with van der Waals surface area (Å²) in [5, 5.41) is 3.45. The second kappa shape index (κ2) is 9.36. The van der Waals surface area contributed by atoms with E-state index >= 15 is 0 Å². The van der Waals surface area contributed by atoms with Crippen molar-refractivity contribution in [2.24, 2.45) is 10.9 Å². The highest BCUT2D eigenvalue weighted by Crippen LogP contribution is 2.17. The maximum Gasteiger partial charge on any atom is 0.193 e. The zero-order valence-electron chi connectivity index (χ0n) is 14.7. The number of hydrogen-bond donors (Lipinski definition) is 1. The third kappa shape index (κ3) is 5.13. The highest BCUT2D eigenvalue weighted by molar-refractivity contribution is 5.79. The summed E-state index contributed by atoms with van der Waals surface area (Å²) in [7, 11) is 2.15. The molecule has 0 radical (unpaired) electrons. The number of likely N-dealkylation sites (tertiary alicyclic amines) is 1. The zero-order valence-corrected chi connectivity index (χ0v) is 14.7. The molecule has 2 fully saturated rings. The maximum atomic E-state index is 5.49. The van der Waals surface area contributed by atoms with E-state index in [9.17, 15) is 0 Å². The van der Waals surface area contributed by atoms with Gasteiger partial charge in [-0.05, 0) is 39.3 Å². The highest BCUT2D eigenvalue weighted by Gasteiger charge is 2.22. The van der Waals surface area contributed by atoms with Gasteiger partial charge in [-0.2, -0.15) is 0 Å². The first-order valence-electron chi connectivity index (χ1n) is 9.05. The summed E-state index contributed by atoms with van der Waals surface area (Å²) in [4.78, 5) is 9.79. The van der Waals surface area contributed by atoms with E-state index < -0.39 is 0 Å². The molecule has 22 heavy (non-hydrogen) atoms. The van der Waals surface area contributed by atoms with Crippen molar-refractivity contribution in [3.05, 3.63) is 0 Å². The van der Waals surface area contributed by atoms with Crippen molar-refractivity contribution in [2.45, 2.75) is 45.6 Å². The number of guanidine groups is 1.